The van der Waals surface area contributed by atoms with Crippen LogP contribution in [0.3, 0.4) is 0 Å². The van der Waals surface area contributed by atoms with Crippen LogP contribution in [-0.2, 0) is 9.05 Å². The van der Waals surface area contributed by atoms with Gasteiger partial charge in [0, 0.05) is 0 Å². The molecular weight excluding hydrogens is 163 g/mol. The Hall–Kier alpha value is 0.310. The van der Waals surface area contributed by atoms with Gasteiger partial charge in [0.15, 0.2) is 0 Å². The third-order valence-corrected chi connectivity index (χ3v) is 4.38. The first kappa shape index (κ1) is 9.40. The fraction of sp³-hybridized carbons (Fsp3) is 1.00. The van der Waals surface area contributed by atoms with Gasteiger partial charge in [0.2, 0.25) is 7.94 Å². The van der Waals surface area contributed by atoms with Crippen LogP contribution in [0.2, 0.25) is 0 Å². The highest BCUT2D eigenvalue weighted by atomic mass is 31.2. The van der Waals surface area contributed by atoms with Gasteiger partial charge in [0.1, 0.15) is 5.66 Å². The Bertz CT molecular complexity index is 127. The predicted molar refractivity (Wildman–Crippen MR) is 43.2 cm³/mol. The molecule has 1 fully saturated rings. The van der Waals surface area contributed by atoms with E-state index in [1.807, 2.05) is 13.8 Å². The van der Waals surface area contributed by atoms with Gasteiger partial charge in [-0.15, -0.1) is 0 Å². The molecule has 0 aliphatic carbocycles. The molecule has 1 aliphatic rings. The molecule has 2 atom stereocenters. The molecule has 0 aromatic heterocycles. The minimum atomic E-state index is -2.70. The van der Waals surface area contributed by atoms with Crippen LogP contribution in [-0.4, -0.2) is 18.9 Å². The monoisotopic (exact) mass is 178 g/mol. The largest absolute Gasteiger partial charge is 0.631 e. The summed E-state index contributed by atoms with van der Waals surface area (Å²) in [4.78, 5) is 11.7. The zero-order chi connectivity index (χ0) is 8.32. The van der Waals surface area contributed by atoms with Crippen molar-refractivity contribution in [3.05, 3.63) is 0 Å². The Balaban J connectivity index is 2.49. The second-order valence-electron chi connectivity index (χ2n) is 2.78. The highest BCUT2D eigenvalue weighted by Crippen LogP contribution is 2.60. The second kappa shape index (κ2) is 3.81. The maximum atomic E-state index is 11.7. The minimum Gasteiger partial charge on any atom is -0.631 e. The molecule has 0 bridgehead atoms. The van der Waals surface area contributed by atoms with Crippen LogP contribution >= 0.6 is 7.94 Å². The maximum Gasteiger partial charge on any atom is 0.240 e. The molecule has 0 amide bonds. The van der Waals surface area contributed by atoms with Gasteiger partial charge in [-0.05, 0) is 26.7 Å². The quantitative estimate of drug-likeness (QED) is 0.599. The van der Waals surface area contributed by atoms with E-state index in [2.05, 4.69) is 0 Å². The average molecular weight is 178 g/mol. The van der Waals surface area contributed by atoms with E-state index in [0.717, 1.165) is 12.8 Å². The molecule has 4 heteroatoms. The van der Waals surface area contributed by atoms with Gasteiger partial charge < -0.3 is 4.89 Å². The topological polar surface area (TPSA) is 41.5 Å². The highest BCUT2D eigenvalue weighted by Gasteiger charge is 2.39. The van der Waals surface area contributed by atoms with E-state index in [-0.39, 0.29) is 5.66 Å². The van der Waals surface area contributed by atoms with Crippen molar-refractivity contribution in [3.63, 3.8) is 0 Å². The summed E-state index contributed by atoms with van der Waals surface area (Å²) in [6.07, 6.45) is 1.95. The van der Waals surface area contributed by atoms with Crippen LogP contribution in [0.1, 0.15) is 26.7 Å². The Labute approximate surface area is 68.3 Å². The Morgan fingerprint density at radius 1 is 1.73 bits per heavy atom. The molecule has 1 unspecified atom stereocenters. The summed E-state index contributed by atoms with van der Waals surface area (Å²) in [6, 6.07) is 0. The molecule has 1 heterocycles. The lowest BCUT2D eigenvalue weighted by Crippen LogP contribution is -2.29. The first-order chi connectivity index (χ1) is 5.19. The molecule has 0 radical (unpaired) electrons. The van der Waals surface area contributed by atoms with E-state index in [9.17, 15) is 4.89 Å². The molecular formula is C7H15O3P. The van der Waals surface area contributed by atoms with E-state index < -0.39 is 7.94 Å². The van der Waals surface area contributed by atoms with Crippen molar-refractivity contribution >= 4 is 7.94 Å². The number of hydrogen-bond donors (Lipinski definition) is 0. The zero-order valence-corrected chi connectivity index (χ0v) is 7.97. The van der Waals surface area contributed by atoms with Crippen molar-refractivity contribution in [2.75, 3.05) is 13.2 Å². The van der Waals surface area contributed by atoms with Crippen LogP contribution in [0, 0.1) is 0 Å². The summed E-state index contributed by atoms with van der Waals surface area (Å²) in [6.45, 7) is 4.82. The minimum absolute atomic E-state index is 0.0798. The SMILES string of the molecule is CCO[P+]1([O-])OCCC[C@H]1C. The van der Waals surface area contributed by atoms with Crippen molar-refractivity contribution in [2.45, 2.75) is 32.3 Å². The first-order valence-electron chi connectivity index (χ1n) is 4.08. The lowest BCUT2D eigenvalue weighted by Gasteiger charge is -2.35. The van der Waals surface area contributed by atoms with E-state index in [4.69, 9.17) is 9.05 Å². The smallest absolute Gasteiger partial charge is 0.240 e. The molecule has 0 aromatic carbocycles. The third-order valence-electron chi connectivity index (χ3n) is 1.89. The van der Waals surface area contributed by atoms with Crippen LogP contribution in [0.4, 0.5) is 0 Å². The van der Waals surface area contributed by atoms with Crippen LogP contribution in [0.25, 0.3) is 0 Å². The molecule has 1 aliphatic heterocycles. The van der Waals surface area contributed by atoms with Crippen molar-refractivity contribution < 1.29 is 13.9 Å². The van der Waals surface area contributed by atoms with Gasteiger partial charge in [0.05, 0.1) is 13.2 Å². The summed E-state index contributed by atoms with van der Waals surface area (Å²) >= 11 is 0. The Kier molecular flexibility index (Phi) is 3.26. The van der Waals surface area contributed by atoms with E-state index >= 15 is 0 Å². The molecule has 0 spiro atoms. The summed E-state index contributed by atoms with van der Waals surface area (Å²) < 4.78 is 10.3. The number of hydrogen-bond acceptors (Lipinski definition) is 3. The van der Waals surface area contributed by atoms with Crippen molar-refractivity contribution in [3.8, 4) is 0 Å². The summed E-state index contributed by atoms with van der Waals surface area (Å²) in [7, 11) is -2.70. The van der Waals surface area contributed by atoms with Gasteiger partial charge >= 0.3 is 0 Å². The van der Waals surface area contributed by atoms with Gasteiger partial charge in [-0.25, -0.2) is 9.05 Å². The molecule has 0 aromatic rings. The highest BCUT2D eigenvalue weighted by molar-refractivity contribution is 7.60. The van der Waals surface area contributed by atoms with Gasteiger partial charge in [-0.3, -0.25) is 0 Å². The van der Waals surface area contributed by atoms with Crippen molar-refractivity contribution in [1.82, 2.24) is 0 Å². The Morgan fingerprint density at radius 3 is 3.00 bits per heavy atom. The normalized spacial score (nSPS) is 39.0. The van der Waals surface area contributed by atoms with Gasteiger partial charge in [-0.2, -0.15) is 0 Å². The molecule has 66 valence electrons. The Morgan fingerprint density at radius 2 is 2.45 bits per heavy atom. The molecule has 11 heavy (non-hydrogen) atoms. The molecule has 0 saturated carbocycles. The lowest BCUT2D eigenvalue weighted by atomic mass is 10.2. The predicted octanol–water partition coefficient (Wildman–Crippen LogP) is 1.34. The third kappa shape index (κ3) is 2.12. The molecule has 1 rings (SSSR count). The van der Waals surface area contributed by atoms with Crippen LogP contribution in [0.15, 0.2) is 0 Å². The van der Waals surface area contributed by atoms with Crippen LogP contribution in [0.5, 0.6) is 0 Å². The zero-order valence-electron chi connectivity index (χ0n) is 7.08. The van der Waals surface area contributed by atoms with Crippen molar-refractivity contribution in [2.24, 2.45) is 0 Å². The first-order valence-corrected chi connectivity index (χ1v) is 5.69. The molecule has 1 saturated heterocycles. The average Bonchev–Trinajstić information content (AvgIpc) is 1.96. The lowest BCUT2D eigenvalue weighted by molar-refractivity contribution is -0.224. The number of rotatable bonds is 2. The van der Waals surface area contributed by atoms with E-state index in [1.165, 1.54) is 0 Å². The maximum absolute atomic E-state index is 11.7. The van der Waals surface area contributed by atoms with Crippen LogP contribution < -0.4 is 4.89 Å². The second-order valence-corrected chi connectivity index (χ2v) is 5.26. The van der Waals surface area contributed by atoms with E-state index in [0.29, 0.717) is 13.2 Å². The fourth-order valence-electron chi connectivity index (χ4n) is 1.20. The van der Waals surface area contributed by atoms with Crippen molar-refractivity contribution in [1.29, 1.82) is 0 Å². The standard InChI is InChI=1S/C7H15O3P/c1-3-9-11(8)7(2)5-4-6-10-11/h7H,3-6H2,1-2H3/t7-,11?/m1/s1. The molecule has 3 nitrogen and oxygen atoms in total. The summed E-state index contributed by atoms with van der Waals surface area (Å²) in [5, 5.41) is 0. The summed E-state index contributed by atoms with van der Waals surface area (Å²) in [5.41, 5.74) is 0.0798. The fourth-order valence-corrected chi connectivity index (χ4v) is 3.03. The summed E-state index contributed by atoms with van der Waals surface area (Å²) in [5.74, 6) is 0. The van der Waals surface area contributed by atoms with Gasteiger partial charge in [-0.1, -0.05) is 0 Å². The van der Waals surface area contributed by atoms with Gasteiger partial charge in [0.25, 0.3) is 0 Å². The molecule has 0 N–H and O–H groups in total. The van der Waals surface area contributed by atoms with E-state index in [1.54, 1.807) is 0 Å².